The zero-order valence-corrected chi connectivity index (χ0v) is 9.11. The third-order valence-corrected chi connectivity index (χ3v) is 2.48. The van der Waals surface area contributed by atoms with E-state index in [0.29, 0.717) is 0 Å². The van der Waals surface area contributed by atoms with Crippen LogP contribution in [0.15, 0.2) is 12.1 Å². The summed E-state index contributed by atoms with van der Waals surface area (Å²) in [5.74, 6) is -4.52. The minimum Gasteiger partial charge on any atom is -0.481 e. The standard InChI is InChI=1S/C11H12FNO4/c1-5-2-9(12)7(3-6(5)10(14)15)8(4-13)11(16)17/h2-3,8H,4,13H2,1H3,(H,14,15)(H,16,17). The molecule has 17 heavy (non-hydrogen) atoms. The molecule has 0 aliphatic rings. The van der Waals surface area contributed by atoms with E-state index in [4.69, 9.17) is 15.9 Å². The number of benzene rings is 1. The molecule has 0 aliphatic heterocycles. The molecule has 0 amide bonds. The predicted octanol–water partition coefficient (Wildman–Crippen LogP) is 0.959. The third-order valence-electron chi connectivity index (χ3n) is 2.48. The molecule has 92 valence electrons. The topological polar surface area (TPSA) is 101 Å². The molecule has 1 rings (SSSR count). The van der Waals surface area contributed by atoms with Gasteiger partial charge >= 0.3 is 11.9 Å². The molecule has 0 saturated heterocycles. The second kappa shape index (κ2) is 4.92. The van der Waals surface area contributed by atoms with Crippen LogP contribution in [0.3, 0.4) is 0 Å². The van der Waals surface area contributed by atoms with Crippen LogP contribution in [0.5, 0.6) is 0 Å². The van der Waals surface area contributed by atoms with Crippen LogP contribution in [0, 0.1) is 12.7 Å². The monoisotopic (exact) mass is 241 g/mol. The van der Waals surface area contributed by atoms with Crippen LogP contribution in [0.2, 0.25) is 0 Å². The molecule has 6 heteroatoms. The highest BCUT2D eigenvalue weighted by molar-refractivity contribution is 5.90. The van der Waals surface area contributed by atoms with E-state index in [2.05, 4.69) is 0 Å². The molecule has 1 aromatic rings. The van der Waals surface area contributed by atoms with Gasteiger partial charge in [-0.05, 0) is 24.6 Å². The van der Waals surface area contributed by atoms with E-state index in [1.54, 1.807) is 0 Å². The first kappa shape index (κ1) is 13.1. The van der Waals surface area contributed by atoms with Crippen LogP contribution in [-0.4, -0.2) is 28.7 Å². The van der Waals surface area contributed by atoms with Gasteiger partial charge in [-0.2, -0.15) is 0 Å². The number of hydrogen-bond acceptors (Lipinski definition) is 3. The van der Waals surface area contributed by atoms with E-state index >= 15 is 0 Å². The lowest BCUT2D eigenvalue weighted by molar-refractivity contribution is -0.138. The summed E-state index contributed by atoms with van der Waals surface area (Å²) in [5, 5.41) is 17.7. The molecule has 0 spiro atoms. The SMILES string of the molecule is Cc1cc(F)c(C(CN)C(=O)O)cc1C(=O)O. The fraction of sp³-hybridized carbons (Fsp3) is 0.273. The molecule has 0 fully saturated rings. The Morgan fingerprint density at radius 2 is 2.00 bits per heavy atom. The van der Waals surface area contributed by atoms with Crippen LogP contribution in [0.25, 0.3) is 0 Å². The van der Waals surface area contributed by atoms with Crippen LogP contribution in [0.4, 0.5) is 4.39 Å². The molecule has 0 aromatic heterocycles. The summed E-state index contributed by atoms with van der Waals surface area (Å²) in [7, 11) is 0. The van der Waals surface area contributed by atoms with E-state index in [9.17, 15) is 14.0 Å². The first-order valence-corrected chi connectivity index (χ1v) is 4.84. The highest BCUT2D eigenvalue weighted by Crippen LogP contribution is 2.23. The molecule has 0 aliphatic carbocycles. The molecule has 5 nitrogen and oxygen atoms in total. The Morgan fingerprint density at radius 1 is 1.41 bits per heavy atom. The molecule has 1 unspecified atom stereocenters. The number of carboxylic acids is 2. The van der Waals surface area contributed by atoms with Gasteiger partial charge in [0.15, 0.2) is 0 Å². The van der Waals surface area contributed by atoms with Gasteiger partial charge < -0.3 is 15.9 Å². The smallest absolute Gasteiger partial charge is 0.335 e. The van der Waals surface area contributed by atoms with E-state index < -0.39 is 23.7 Å². The van der Waals surface area contributed by atoms with Gasteiger partial charge in [-0.15, -0.1) is 0 Å². The maximum absolute atomic E-state index is 13.6. The molecule has 0 saturated carbocycles. The zero-order chi connectivity index (χ0) is 13.2. The van der Waals surface area contributed by atoms with Gasteiger partial charge in [-0.3, -0.25) is 4.79 Å². The number of rotatable bonds is 4. The molecule has 0 bridgehead atoms. The van der Waals surface area contributed by atoms with Crippen LogP contribution in [-0.2, 0) is 4.79 Å². The summed E-state index contributed by atoms with van der Waals surface area (Å²) in [6, 6.07) is 2.03. The minimum atomic E-state index is -1.29. The van der Waals surface area contributed by atoms with Crippen LogP contribution in [0.1, 0.15) is 27.4 Å². The number of carboxylic acid groups (broad SMARTS) is 2. The average molecular weight is 241 g/mol. The van der Waals surface area contributed by atoms with Gasteiger partial charge in [0.05, 0.1) is 11.5 Å². The summed E-state index contributed by atoms with van der Waals surface area (Å²) < 4.78 is 13.6. The van der Waals surface area contributed by atoms with Crippen molar-refractivity contribution in [1.82, 2.24) is 0 Å². The minimum absolute atomic E-state index is 0.124. The Bertz CT molecular complexity index is 473. The Morgan fingerprint density at radius 3 is 2.41 bits per heavy atom. The van der Waals surface area contributed by atoms with E-state index in [1.165, 1.54) is 6.92 Å². The second-order valence-electron chi connectivity index (χ2n) is 3.62. The van der Waals surface area contributed by atoms with E-state index in [-0.39, 0.29) is 23.2 Å². The van der Waals surface area contributed by atoms with Gasteiger partial charge in [-0.25, -0.2) is 9.18 Å². The van der Waals surface area contributed by atoms with Crippen molar-refractivity contribution in [2.45, 2.75) is 12.8 Å². The van der Waals surface area contributed by atoms with Crippen molar-refractivity contribution >= 4 is 11.9 Å². The summed E-state index contributed by atoms with van der Waals surface area (Å²) >= 11 is 0. The van der Waals surface area contributed by atoms with Gasteiger partial charge in [0.1, 0.15) is 5.82 Å². The number of nitrogens with two attached hydrogens (primary N) is 1. The largest absolute Gasteiger partial charge is 0.481 e. The highest BCUT2D eigenvalue weighted by Gasteiger charge is 2.24. The summed E-state index contributed by atoms with van der Waals surface area (Å²) in [6.45, 7) is 1.14. The Labute approximate surface area is 96.7 Å². The normalized spacial score (nSPS) is 12.2. The molecule has 1 atom stereocenters. The number of hydrogen-bond donors (Lipinski definition) is 3. The van der Waals surface area contributed by atoms with Crippen molar-refractivity contribution in [1.29, 1.82) is 0 Å². The fourth-order valence-electron chi connectivity index (χ4n) is 1.55. The van der Waals surface area contributed by atoms with Crippen LogP contribution >= 0.6 is 0 Å². The Balaban J connectivity index is 3.38. The van der Waals surface area contributed by atoms with Crippen LogP contribution < -0.4 is 5.73 Å². The highest BCUT2D eigenvalue weighted by atomic mass is 19.1. The van der Waals surface area contributed by atoms with Crippen molar-refractivity contribution in [2.24, 2.45) is 5.73 Å². The van der Waals surface area contributed by atoms with Crippen molar-refractivity contribution in [3.8, 4) is 0 Å². The molecular weight excluding hydrogens is 229 g/mol. The second-order valence-corrected chi connectivity index (χ2v) is 3.62. The third kappa shape index (κ3) is 2.59. The summed E-state index contributed by atoms with van der Waals surface area (Å²) in [6.07, 6.45) is 0. The van der Waals surface area contributed by atoms with Gasteiger partial charge in [-0.1, -0.05) is 0 Å². The average Bonchev–Trinajstić information content (AvgIpc) is 2.21. The number of aliphatic carboxylic acids is 1. The van der Waals surface area contributed by atoms with Crippen molar-refractivity contribution in [3.05, 3.63) is 34.6 Å². The lowest BCUT2D eigenvalue weighted by Gasteiger charge is -2.13. The first-order chi connectivity index (χ1) is 7.88. The van der Waals surface area contributed by atoms with Gasteiger partial charge in [0.2, 0.25) is 0 Å². The van der Waals surface area contributed by atoms with Gasteiger partial charge in [0, 0.05) is 12.1 Å². The molecule has 4 N–H and O–H groups in total. The number of aryl methyl sites for hydroxylation is 1. The lowest BCUT2D eigenvalue weighted by atomic mass is 9.94. The van der Waals surface area contributed by atoms with Crippen molar-refractivity contribution < 1.29 is 24.2 Å². The van der Waals surface area contributed by atoms with E-state index in [1.807, 2.05) is 0 Å². The maximum Gasteiger partial charge on any atom is 0.335 e. The fourth-order valence-corrected chi connectivity index (χ4v) is 1.55. The summed E-state index contributed by atoms with van der Waals surface area (Å²) in [4.78, 5) is 21.7. The van der Waals surface area contributed by atoms with Gasteiger partial charge in [0.25, 0.3) is 0 Å². The number of carbonyl (C=O) groups is 2. The Kier molecular flexibility index (Phi) is 3.80. The maximum atomic E-state index is 13.6. The molecule has 0 radical (unpaired) electrons. The van der Waals surface area contributed by atoms with E-state index in [0.717, 1.165) is 12.1 Å². The van der Waals surface area contributed by atoms with Crippen molar-refractivity contribution in [2.75, 3.05) is 6.54 Å². The molecule has 0 heterocycles. The number of halogens is 1. The quantitative estimate of drug-likeness (QED) is 0.728. The van der Waals surface area contributed by atoms with Crippen molar-refractivity contribution in [3.63, 3.8) is 0 Å². The zero-order valence-electron chi connectivity index (χ0n) is 9.11. The lowest BCUT2D eigenvalue weighted by Crippen LogP contribution is -2.23. The Hall–Kier alpha value is -1.95. The predicted molar refractivity (Wildman–Crippen MR) is 57.5 cm³/mol. The molecular formula is C11H12FNO4. The molecule has 1 aromatic carbocycles. The summed E-state index contributed by atoms with van der Waals surface area (Å²) in [5.41, 5.74) is 5.15. The number of aromatic carboxylic acids is 1. The first-order valence-electron chi connectivity index (χ1n) is 4.84.